The Morgan fingerprint density at radius 1 is 1.39 bits per heavy atom. The van der Waals surface area contributed by atoms with E-state index >= 15 is 0 Å². The summed E-state index contributed by atoms with van der Waals surface area (Å²) in [6.07, 6.45) is 0. The van der Waals surface area contributed by atoms with Gasteiger partial charge in [0.2, 0.25) is 5.16 Å². The van der Waals surface area contributed by atoms with Crippen LogP contribution in [0.4, 0.5) is 4.39 Å². The molecular formula is C12H15FN4S. The second kappa shape index (κ2) is 5.07. The average molecular weight is 266 g/mol. The Morgan fingerprint density at radius 3 is 2.67 bits per heavy atom. The number of aromatic amines is 1. The van der Waals surface area contributed by atoms with Crippen molar-refractivity contribution in [2.75, 3.05) is 0 Å². The Bertz CT molecular complexity index is 565. The van der Waals surface area contributed by atoms with Crippen LogP contribution in [0.5, 0.6) is 0 Å². The highest BCUT2D eigenvalue weighted by Gasteiger charge is 2.13. The van der Waals surface area contributed by atoms with Gasteiger partial charge in [-0.15, -0.1) is 5.10 Å². The number of H-pyrrole nitrogens is 1. The Balaban J connectivity index is 2.39. The molecule has 0 saturated carbocycles. The fraction of sp³-hybridized carbons (Fsp3) is 0.333. The molecule has 96 valence electrons. The number of aryl methyl sites for hydroxylation is 2. The molecule has 1 aromatic carbocycles. The number of nitrogens with one attached hydrogen (secondary N) is 1. The molecule has 0 amide bonds. The van der Waals surface area contributed by atoms with E-state index in [4.69, 9.17) is 5.73 Å². The van der Waals surface area contributed by atoms with Crippen molar-refractivity contribution in [3.63, 3.8) is 0 Å². The highest BCUT2D eigenvalue weighted by atomic mass is 32.2. The second-order valence-corrected chi connectivity index (χ2v) is 5.24. The van der Waals surface area contributed by atoms with E-state index in [0.717, 1.165) is 16.3 Å². The third-order valence-corrected chi connectivity index (χ3v) is 3.50. The maximum absolute atomic E-state index is 13.6. The van der Waals surface area contributed by atoms with E-state index in [1.54, 1.807) is 13.0 Å². The molecule has 0 fully saturated rings. The summed E-state index contributed by atoms with van der Waals surface area (Å²) in [5.41, 5.74) is 7.22. The summed E-state index contributed by atoms with van der Waals surface area (Å²) in [6.45, 7) is 5.39. The normalized spacial score (nSPS) is 12.7. The quantitative estimate of drug-likeness (QED) is 0.896. The number of hydrogen-bond acceptors (Lipinski definition) is 4. The van der Waals surface area contributed by atoms with E-state index in [-0.39, 0.29) is 11.9 Å². The van der Waals surface area contributed by atoms with Gasteiger partial charge in [-0.3, -0.25) is 5.10 Å². The van der Waals surface area contributed by atoms with Gasteiger partial charge in [0.15, 0.2) is 0 Å². The Hall–Kier alpha value is -1.40. The van der Waals surface area contributed by atoms with E-state index in [1.165, 1.54) is 17.8 Å². The molecule has 18 heavy (non-hydrogen) atoms. The molecule has 0 aliphatic rings. The van der Waals surface area contributed by atoms with Crippen molar-refractivity contribution in [2.45, 2.75) is 36.9 Å². The van der Waals surface area contributed by atoms with Gasteiger partial charge in [0.1, 0.15) is 11.6 Å². The smallest absolute Gasteiger partial charge is 0.213 e. The fourth-order valence-corrected chi connectivity index (χ4v) is 2.65. The monoisotopic (exact) mass is 266 g/mol. The first-order valence-electron chi connectivity index (χ1n) is 5.60. The zero-order valence-electron chi connectivity index (χ0n) is 10.5. The summed E-state index contributed by atoms with van der Waals surface area (Å²) in [6, 6.07) is 3.04. The van der Waals surface area contributed by atoms with Crippen LogP contribution in [0.2, 0.25) is 0 Å². The number of rotatable bonds is 3. The van der Waals surface area contributed by atoms with E-state index in [9.17, 15) is 4.39 Å². The molecule has 0 aliphatic heterocycles. The summed E-state index contributed by atoms with van der Waals surface area (Å²) in [5.74, 6) is 0.511. The molecule has 0 saturated heterocycles. The predicted molar refractivity (Wildman–Crippen MR) is 69.0 cm³/mol. The van der Waals surface area contributed by atoms with Crippen LogP contribution in [0.3, 0.4) is 0 Å². The van der Waals surface area contributed by atoms with Crippen LogP contribution < -0.4 is 5.73 Å². The summed E-state index contributed by atoms with van der Waals surface area (Å²) in [4.78, 5) is 5.11. The Kier molecular flexibility index (Phi) is 3.68. The minimum Gasteiger partial charge on any atom is -0.324 e. The highest BCUT2D eigenvalue weighted by molar-refractivity contribution is 7.99. The maximum atomic E-state index is 13.6. The summed E-state index contributed by atoms with van der Waals surface area (Å²) in [5, 5.41) is 7.44. The summed E-state index contributed by atoms with van der Waals surface area (Å²) < 4.78 is 13.6. The zero-order chi connectivity index (χ0) is 13.3. The van der Waals surface area contributed by atoms with Gasteiger partial charge in [-0.05, 0) is 55.8 Å². The third kappa shape index (κ3) is 2.70. The van der Waals surface area contributed by atoms with E-state index in [1.807, 2.05) is 13.8 Å². The fourth-order valence-electron chi connectivity index (χ4n) is 1.58. The Morgan fingerprint density at radius 2 is 2.11 bits per heavy atom. The SMILES string of the molecule is Cc1nc(Sc2cc(C)c(F)cc2[C@@H](C)N)n[nH]1. The minimum absolute atomic E-state index is 0.234. The predicted octanol–water partition coefficient (Wildman–Crippen LogP) is 2.73. The van der Waals surface area contributed by atoms with Crippen LogP contribution in [0, 0.1) is 19.7 Å². The van der Waals surface area contributed by atoms with Crippen molar-refractivity contribution in [1.29, 1.82) is 0 Å². The molecular weight excluding hydrogens is 251 g/mol. The van der Waals surface area contributed by atoms with Crippen molar-refractivity contribution in [1.82, 2.24) is 15.2 Å². The zero-order valence-corrected chi connectivity index (χ0v) is 11.3. The highest BCUT2D eigenvalue weighted by Crippen LogP contribution is 2.32. The second-order valence-electron chi connectivity index (χ2n) is 4.23. The lowest BCUT2D eigenvalue weighted by Crippen LogP contribution is -2.07. The third-order valence-electron chi connectivity index (χ3n) is 2.56. The van der Waals surface area contributed by atoms with Gasteiger partial charge in [-0.1, -0.05) is 0 Å². The number of benzene rings is 1. The van der Waals surface area contributed by atoms with Crippen LogP contribution in [0.25, 0.3) is 0 Å². The van der Waals surface area contributed by atoms with Gasteiger partial charge in [0, 0.05) is 10.9 Å². The van der Waals surface area contributed by atoms with E-state index in [0.29, 0.717) is 10.7 Å². The summed E-state index contributed by atoms with van der Waals surface area (Å²) >= 11 is 1.39. The van der Waals surface area contributed by atoms with Gasteiger partial charge in [0.05, 0.1) is 0 Å². The van der Waals surface area contributed by atoms with Crippen LogP contribution in [0.1, 0.15) is 29.9 Å². The maximum Gasteiger partial charge on any atom is 0.213 e. The lowest BCUT2D eigenvalue weighted by Gasteiger charge is -2.12. The number of hydrogen-bond donors (Lipinski definition) is 2. The average Bonchev–Trinajstić information content (AvgIpc) is 2.68. The van der Waals surface area contributed by atoms with Crippen LogP contribution >= 0.6 is 11.8 Å². The molecule has 4 nitrogen and oxygen atoms in total. The molecule has 2 rings (SSSR count). The molecule has 1 atom stereocenters. The van der Waals surface area contributed by atoms with Crippen molar-refractivity contribution >= 4 is 11.8 Å². The van der Waals surface area contributed by atoms with Crippen molar-refractivity contribution in [3.8, 4) is 0 Å². The Labute approximate surface area is 109 Å². The molecule has 0 radical (unpaired) electrons. The van der Waals surface area contributed by atoms with Gasteiger partial charge in [0.25, 0.3) is 0 Å². The first kappa shape index (κ1) is 13.0. The first-order valence-corrected chi connectivity index (χ1v) is 6.41. The number of nitrogens with zero attached hydrogens (tertiary/aromatic N) is 2. The first-order chi connectivity index (χ1) is 8.47. The molecule has 0 spiro atoms. The van der Waals surface area contributed by atoms with E-state index < -0.39 is 0 Å². The van der Waals surface area contributed by atoms with Crippen molar-refractivity contribution in [2.24, 2.45) is 5.73 Å². The molecule has 1 heterocycles. The van der Waals surface area contributed by atoms with Crippen molar-refractivity contribution in [3.05, 3.63) is 34.9 Å². The van der Waals surface area contributed by atoms with Gasteiger partial charge in [-0.25, -0.2) is 9.37 Å². The molecule has 0 bridgehead atoms. The minimum atomic E-state index is -0.238. The molecule has 0 aliphatic carbocycles. The molecule has 3 N–H and O–H groups in total. The topological polar surface area (TPSA) is 67.6 Å². The lowest BCUT2D eigenvalue weighted by atomic mass is 10.1. The molecule has 6 heteroatoms. The van der Waals surface area contributed by atoms with E-state index in [2.05, 4.69) is 15.2 Å². The van der Waals surface area contributed by atoms with Gasteiger partial charge in [-0.2, -0.15) is 0 Å². The van der Waals surface area contributed by atoms with Crippen LogP contribution in [-0.4, -0.2) is 15.2 Å². The number of halogens is 1. The molecule has 2 aromatic rings. The van der Waals surface area contributed by atoms with Crippen molar-refractivity contribution < 1.29 is 4.39 Å². The lowest BCUT2D eigenvalue weighted by molar-refractivity contribution is 0.610. The van der Waals surface area contributed by atoms with Gasteiger partial charge < -0.3 is 5.73 Å². The number of aromatic nitrogens is 3. The number of nitrogens with two attached hydrogens (primary N) is 1. The largest absolute Gasteiger partial charge is 0.324 e. The van der Waals surface area contributed by atoms with Gasteiger partial charge >= 0.3 is 0 Å². The molecule has 1 aromatic heterocycles. The van der Waals surface area contributed by atoms with Crippen LogP contribution in [-0.2, 0) is 0 Å². The molecule has 0 unspecified atom stereocenters. The van der Waals surface area contributed by atoms with Crippen LogP contribution in [0.15, 0.2) is 22.2 Å². The summed E-state index contributed by atoms with van der Waals surface area (Å²) in [7, 11) is 0. The standard InChI is InChI=1S/C12H15FN4S/c1-6-4-11(9(7(2)14)5-10(6)13)18-12-15-8(3)16-17-12/h4-5,7H,14H2,1-3H3,(H,15,16,17)/t7-/m1/s1.